The Balaban J connectivity index is 2.70. The highest BCUT2D eigenvalue weighted by Gasteiger charge is 2.12. The van der Waals surface area contributed by atoms with Gasteiger partial charge in [-0.15, -0.1) is 0 Å². The molecule has 0 aliphatic carbocycles. The second kappa shape index (κ2) is 3.40. The topological polar surface area (TPSA) is 72.2 Å². The van der Waals surface area contributed by atoms with Gasteiger partial charge < -0.3 is 9.25 Å². The molecule has 2 aromatic rings. The lowest BCUT2D eigenvalue weighted by Gasteiger charge is -1.97. The summed E-state index contributed by atoms with van der Waals surface area (Å²) in [7, 11) is 0. The number of rotatable bonds is 1. The van der Waals surface area contributed by atoms with E-state index in [0.29, 0.717) is 5.76 Å². The van der Waals surface area contributed by atoms with Crippen molar-refractivity contribution in [2.45, 2.75) is 13.8 Å². The fourth-order valence-corrected chi connectivity index (χ4v) is 1.56. The van der Waals surface area contributed by atoms with Crippen LogP contribution in [0.15, 0.2) is 22.6 Å². The number of nitrogens with one attached hydrogen (secondary N) is 1. The molecule has 1 aromatic heterocycles. The van der Waals surface area contributed by atoms with Gasteiger partial charge in [0, 0.05) is 5.39 Å². The van der Waals surface area contributed by atoms with Crippen molar-refractivity contribution >= 4 is 16.9 Å². The minimum Gasteiger partial charge on any atom is -0.451 e. The third-order valence-electron chi connectivity index (χ3n) is 2.44. The van der Waals surface area contributed by atoms with Crippen LogP contribution in [0.1, 0.15) is 16.9 Å². The predicted octanol–water partition coefficient (Wildman–Crippen LogP) is 2.27. The molecule has 3 N–H and O–H groups in total. The van der Waals surface area contributed by atoms with E-state index in [9.17, 15) is 0 Å². The van der Waals surface area contributed by atoms with Crippen molar-refractivity contribution < 1.29 is 9.25 Å². The van der Waals surface area contributed by atoms with Crippen LogP contribution in [0.25, 0.3) is 11.0 Å². The van der Waals surface area contributed by atoms with E-state index in [2.05, 4.69) is 4.84 Å². The van der Waals surface area contributed by atoms with Gasteiger partial charge in [0.25, 0.3) is 5.90 Å². The predicted molar refractivity (Wildman–Crippen MR) is 57.8 cm³/mol. The second-order valence-corrected chi connectivity index (χ2v) is 3.50. The lowest BCUT2D eigenvalue weighted by Crippen LogP contribution is -2.08. The van der Waals surface area contributed by atoms with E-state index in [-0.39, 0.29) is 5.90 Å². The van der Waals surface area contributed by atoms with Gasteiger partial charge in [-0.05, 0) is 31.0 Å². The Kier molecular flexibility index (Phi) is 2.21. The van der Waals surface area contributed by atoms with E-state index in [1.807, 2.05) is 26.0 Å². The number of aryl methyl sites for hydroxylation is 2. The summed E-state index contributed by atoms with van der Waals surface area (Å²) in [5.41, 5.74) is 2.92. The summed E-state index contributed by atoms with van der Waals surface area (Å²) < 4.78 is 5.50. The molecule has 0 bridgehead atoms. The first-order valence-corrected chi connectivity index (χ1v) is 4.59. The number of benzene rings is 1. The quantitative estimate of drug-likeness (QED) is 0.425. The molecule has 0 fully saturated rings. The van der Waals surface area contributed by atoms with Crippen LogP contribution in [-0.2, 0) is 4.84 Å². The summed E-state index contributed by atoms with van der Waals surface area (Å²) in [6, 6.07) is 5.77. The average Bonchev–Trinajstić information content (AvgIpc) is 2.68. The number of furan rings is 1. The molecule has 78 valence electrons. The van der Waals surface area contributed by atoms with E-state index in [4.69, 9.17) is 15.7 Å². The van der Waals surface area contributed by atoms with Gasteiger partial charge in [-0.1, -0.05) is 12.1 Å². The first kappa shape index (κ1) is 9.73. The molecule has 1 heterocycles. The molecule has 0 amide bonds. The van der Waals surface area contributed by atoms with Crippen LogP contribution in [0.4, 0.5) is 0 Å². The fraction of sp³-hybridized carbons (Fsp3) is 0.182. The lowest BCUT2D eigenvalue weighted by molar-refractivity contribution is 0.311. The van der Waals surface area contributed by atoms with Gasteiger partial charge in [0.15, 0.2) is 5.76 Å². The first-order chi connectivity index (χ1) is 7.13. The van der Waals surface area contributed by atoms with Crippen molar-refractivity contribution in [3.8, 4) is 0 Å². The summed E-state index contributed by atoms with van der Waals surface area (Å²) in [5, 5.41) is 8.40. The maximum absolute atomic E-state index is 7.41. The Morgan fingerprint density at radius 1 is 1.33 bits per heavy atom. The number of hydrogen-bond acceptors (Lipinski definition) is 4. The van der Waals surface area contributed by atoms with Gasteiger partial charge in [0.05, 0.1) is 0 Å². The summed E-state index contributed by atoms with van der Waals surface area (Å²) >= 11 is 0. The van der Waals surface area contributed by atoms with Gasteiger partial charge in [0.1, 0.15) is 5.58 Å². The Morgan fingerprint density at radius 3 is 2.60 bits per heavy atom. The Labute approximate surface area is 87.1 Å². The highest BCUT2D eigenvalue weighted by molar-refractivity contribution is 5.95. The Hall–Kier alpha value is -1.81. The molecule has 0 saturated carbocycles. The van der Waals surface area contributed by atoms with Gasteiger partial charge in [-0.3, -0.25) is 5.41 Å². The molecule has 1 aromatic carbocycles. The Bertz CT molecular complexity index is 490. The molecule has 0 spiro atoms. The zero-order valence-electron chi connectivity index (χ0n) is 8.63. The van der Waals surface area contributed by atoms with Gasteiger partial charge in [-0.25, -0.2) is 0 Å². The van der Waals surface area contributed by atoms with E-state index < -0.39 is 0 Å². The summed E-state index contributed by atoms with van der Waals surface area (Å²) in [6.07, 6.45) is 0. The van der Waals surface area contributed by atoms with E-state index in [0.717, 1.165) is 22.1 Å². The third kappa shape index (κ3) is 1.49. The molecule has 0 aliphatic heterocycles. The number of hydrogen-bond donors (Lipinski definition) is 2. The summed E-state index contributed by atoms with van der Waals surface area (Å²) in [6.45, 7) is 3.95. The second-order valence-electron chi connectivity index (χ2n) is 3.50. The molecule has 15 heavy (non-hydrogen) atoms. The highest BCUT2D eigenvalue weighted by atomic mass is 16.6. The molecule has 0 atom stereocenters. The zero-order valence-corrected chi connectivity index (χ0v) is 8.63. The van der Waals surface area contributed by atoms with Crippen LogP contribution in [0.5, 0.6) is 0 Å². The molecule has 2 rings (SSSR count). The lowest BCUT2D eigenvalue weighted by atomic mass is 10.1. The normalized spacial score (nSPS) is 10.6. The SMILES string of the molecule is Cc1ccc(C)c2oc(C(=N)ON)cc12. The minimum atomic E-state index is -0.162. The highest BCUT2D eigenvalue weighted by Crippen LogP contribution is 2.25. The van der Waals surface area contributed by atoms with E-state index in [1.165, 1.54) is 0 Å². The molecule has 0 unspecified atom stereocenters. The van der Waals surface area contributed by atoms with Crippen molar-refractivity contribution in [2.24, 2.45) is 5.90 Å². The molecule has 0 radical (unpaired) electrons. The van der Waals surface area contributed by atoms with Gasteiger partial charge in [-0.2, -0.15) is 5.90 Å². The largest absolute Gasteiger partial charge is 0.451 e. The maximum atomic E-state index is 7.41. The molecular weight excluding hydrogens is 192 g/mol. The van der Waals surface area contributed by atoms with Crippen LogP contribution in [0.2, 0.25) is 0 Å². The van der Waals surface area contributed by atoms with Crippen LogP contribution < -0.4 is 5.90 Å². The molecule has 4 heteroatoms. The van der Waals surface area contributed by atoms with E-state index >= 15 is 0 Å². The Morgan fingerprint density at radius 2 is 2.00 bits per heavy atom. The van der Waals surface area contributed by atoms with Crippen molar-refractivity contribution in [1.82, 2.24) is 0 Å². The molecule has 0 aliphatic rings. The van der Waals surface area contributed by atoms with Crippen molar-refractivity contribution in [1.29, 1.82) is 5.41 Å². The van der Waals surface area contributed by atoms with Crippen LogP contribution >= 0.6 is 0 Å². The van der Waals surface area contributed by atoms with E-state index in [1.54, 1.807) is 6.07 Å². The number of fused-ring (bicyclic) bond motifs is 1. The van der Waals surface area contributed by atoms with Crippen LogP contribution in [-0.4, -0.2) is 5.90 Å². The molecular formula is C11H12N2O2. The summed E-state index contributed by atoms with van der Waals surface area (Å²) in [4.78, 5) is 4.34. The smallest absolute Gasteiger partial charge is 0.273 e. The van der Waals surface area contributed by atoms with Crippen LogP contribution in [0.3, 0.4) is 0 Å². The molecule has 0 saturated heterocycles. The van der Waals surface area contributed by atoms with Crippen LogP contribution in [0, 0.1) is 19.3 Å². The maximum Gasteiger partial charge on any atom is 0.273 e. The minimum absolute atomic E-state index is 0.162. The van der Waals surface area contributed by atoms with Crippen molar-refractivity contribution in [3.05, 3.63) is 35.1 Å². The van der Waals surface area contributed by atoms with Crippen molar-refractivity contribution in [3.63, 3.8) is 0 Å². The fourth-order valence-electron chi connectivity index (χ4n) is 1.56. The van der Waals surface area contributed by atoms with Crippen molar-refractivity contribution in [2.75, 3.05) is 0 Å². The van der Waals surface area contributed by atoms with Gasteiger partial charge in [0.2, 0.25) is 0 Å². The monoisotopic (exact) mass is 204 g/mol. The average molecular weight is 204 g/mol. The standard InChI is InChI=1S/C11H12N2O2/c1-6-3-4-7(2)10-8(6)5-9(14-10)11(12)15-13/h3-5,12H,13H2,1-2H3. The first-order valence-electron chi connectivity index (χ1n) is 4.59. The summed E-state index contributed by atoms with van der Waals surface area (Å²) in [5.74, 6) is 5.11. The number of nitrogens with two attached hydrogens (primary N) is 1. The molecule has 4 nitrogen and oxygen atoms in total. The zero-order chi connectivity index (χ0) is 11.0. The third-order valence-corrected chi connectivity index (χ3v) is 2.44. The van der Waals surface area contributed by atoms with Gasteiger partial charge >= 0.3 is 0 Å².